The number of benzene rings is 3. The van der Waals surface area contributed by atoms with Crippen LogP contribution >= 0.6 is 0 Å². The maximum atomic E-state index is 13.1. The number of esters is 1. The van der Waals surface area contributed by atoms with Gasteiger partial charge in [0, 0.05) is 5.56 Å². The van der Waals surface area contributed by atoms with Crippen LogP contribution in [0.25, 0.3) is 11.0 Å². The number of hydrogen-bond donors (Lipinski definition) is 1. The molecular weight excluding hydrogens is 418 g/mol. The lowest BCUT2D eigenvalue weighted by Crippen LogP contribution is -2.17. The van der Waals surface area contributed by atoms with Gasteiger partial charge in [0.05, 0.1) is 35.9 Å². The fraction of sp³-hybridized carbons (Fsp3) is 0.192. The van der Waals surface area contributed by atoms with E-state index in [9.17, 15) is 4.79 Å². The van der Waals surface area contributed by atoms with E-state index in [1.54, 1.807) is 0 Å². The lowest BCUT2D eigenvalue weighted by molar-refractivity contribution is 0.0465. The Morgan fingerprint density at radius 2 is 1.73 bits per heavy atom. The number of nitrogens with one attached hydrogen (secondary N) is 1. The van der Waals surface area contributed by atoms with Gasteiger partial charge in [0.25, 0.3) is 0 Å². The van der Waals surface area contributed by atoms with Crippen LogP contribution in [0.5, 0.6) is 11.5 Å². The van der Waals surface area contributed by atoms with Crippen LogP contribution in [-0.4, -0.2) is 35.8 Å². The van der Waals surface area contributed by atoms with Crippen LogP contribution in [0.1, 0.15) is 28.9 Å². The summed E-state index contributed by atoms with van der Waals surface area (Å²) in [4.78, 5) is 22.4. The molecule has 0 aliphatic carbocycles. The molecule has 3 aromatic carbocycles. The van der Waals surface area contributed by atoms with E-state index in [-0.39, 0.29) is 18.2 Å². The smallest absolute Gasteiger partial charge is 0.360 e. The first-order chi connectivity index (χ1) is 16.2. The molecule has 0 fully saturated rings. The topological polar surface area (TPSA) is 82.6 Å². The monoisotopic (exact) mass is 441 g/mol. The maximum absolute atomic E-state index is 13.1. The highest BCUT2D eigenvalue weighted by atomic mass is 16.5. The quantitative estimate of drug-likeness (QED) is 0.399. The Kier molecular flexibility index (Phi) is 5.76. The fourth-order valence-corrected chi connectivity index (χ4v) is 3.82. The van der Waals surface area contributed by atoms with Crippen LogP contribution in [0.4, 0.5) is 11.5 Å². The molecule has 1 unspecified atom stereocenters. The number of anilines is 2. The molecule has 0 bridgehead atoms. The first-order valence-corrected chi connectivity index (χ1v) is 10.9. The van der Waals surface area contributed by atoms with E-state index in [0.717, 1.165) is 11.3 Å². The van der Waals surface area contributed by atoms with E-state index in [1.807, 2.05) is 79.7 Å². The Hall–Kier alpha value is -4.13. The Morgan fingerprint density at radius 1 is 1.00 bits per heavy atom. The summed E-state index contributed by atoms with van der Waals surface area (Å²) in [6.45, 7) is 3.10. The third kappa shape index (κ3) is 4.30. The summed E-state index contributed by atoms with van der Waals surface area (Å²) < 4.78 is 17.1. The van der Waals surface area contributed by atoms with Crippen LogP contribution in [-0.2, 0) is 4.74 Å². The number of aromatic nitrogens is 2. The summed E-state index contributed by atoms with van der Waals surface area (Å²) in [5.74, 6) is 1.24. The summed E-state index contributed by atoms with van der Waals surface area (Å²) >= 11 is 0. The van der Waals surface area contributed by atoms with Crippen LogP contribution in [0.2, 0.25) is 0 Å². The van der Waals surface area contributed by atoms with Crippen molar-refractivity contribution in [1.82, 2.24) is 9.97 Å². The summed E-state index contributed by atoms with van der Waals surface area (Å²) in [5, 5.41) is 3.22. The minimum Gasteiger partial charge on any atom is -0.493 e. The highest BCUT2D eigenvalue weighted by Gasteiger charge is 2.26. The van der Waals surface area contributed by atoms with Gasteiger partial charge in [0.2, 0.25) is 0 Å². The number of fused-ring (bicyclic) bond motifs is 2. The molecule has 7 nitrogen and oxygen atoms in total. The van der Waals surface area contributed by atoms with Crippen molar-refractivity contribution in [2.24, 2.45) is 0 Å². The van der Waals surface area contributed by atoms with Crippen LogP contribution in [0, 0.1) is 0 Å². The Balaban J connectivity index is 1.43. The molecule has 1 aliphatic heterocycles. The van der Waals surface area contributed by atoms with Gasteiger partial charge in [-0.25, -0.2) is 14.8 Å². The molecule has 166 valence electrons. The van der Waals surface area contributed by atoms with E-state index in [4.69, 9.17) is 14.2 Å². The lowest BCUT2D eigenvalue weighted by Gasteiger charge is -2.15. The average Bonchev–Trinajstić information content (AvgIpc) is 3.26. The van der Waals surface area contributed by atoms with E-state index in [1.165, 1.54) is 0 Å². The second kappa shape index (κ2) is 9.16. The molecular formula is C26H23N3O4. The number of nitrogens with zero attached hydrogens (tertiary/aromatic N) is 2. The maximum Gasteiger partial charge on any atom is 0.360 e. The molecule has 0 radical (unpaired) electrons. The number of para-hydroxylation sites is 5. The normalized spacial score (nSPS) is 14.4. The van der Waals surface area contributed by atoms with Crippen molar-refractivity contribution in [1.29, 1.82) is 0 Å². The molecule has 2 heterocycles. The van der Waals surface area contributed by atoms with Gasteiger partial charge >= 0.3 is 5.97 Å². The van der Waals surface area contributed by atoms with Crippen molar-refractivity contribution in [3.8, 4) is 11.5 Å². The molecule has 1 atom stereocenters. The predicted octanol–water partition coefficient (Wildman–Crippen LogP) is 5.11. The molecule has 4 aromatic rings. The van der Waals surface area contributed by atoms with Gasteiger partial charge < -0.3 is 19.5 Å². The minimum absolute atomic E-state index is 0.0198. The van der Waals surface area contributed by atoms with Gasteiger partial charge in [-0.15, -0.1) is 0 Å². The molecule has 1 aliphatic rings. The largest absolute Gasteiger partial charge is 0.493 e. The summed E-state index contributed by atoms with van der Waals surface area (Å²) in [6.07, 6.45) is 0. The molecule has 0 saturated heterocycles. The van der Waals surface area contributed by atoms with Crippen LogP contribution < -0.4 is 14.8 Å². The van der Waals surface area contributed by atoms with Gasteiger partial charge in [-0.05, 0) is 37.3 Å². The Bertz CT molecular complexity index is 1310. The molecule has 7 heteroatoms. The zero-order valence-electron chi connectivity index (χ0n) is 18.2. The van der Waals surface area contributed by atoms with Crippen molar-refractivity contribution >= 4 is 28.5 Å². The predicted molar refractivity (Wildman–Crippen MR) is 125 cm³/mol. The second-order valence-corrected chi connectivity index (χ2v) is 7.61. The van der Waals surface area contributed by atoms with E-state index in [0.29, 0.717) is 41.5 Å². The molecule has 0 saturated carbocycles. The molecule has 1 N–H and O–H groups in total. The second-order valence-electron chi connectivity index (χ2n) is 7.61. The van der Waals surface area contributed by atoms with E-state index >= 15 is 0 Å². The molecule has 1 aromatic heterocycles. The zero-order valence-corrected chi connectivity index (χ0v) is 18.2. The Morgan fingerprint density at radius 3 is 2.58 bits per heavy atom. The van der Waals surface area contributed by atoms with Crippen LogP contribution in [0.15, 0.2) is 72.8 Å². The number of hydrogen-bond acceptors (Lipinski definition) is 7. The third-order valence-corrected chi connectivity index (χ3v) is 5.42. The third-order valence-electron chi connectivity index (χ3n) is 5.42. The Labute approximate surface area is 191 Å². The first kappa shape index (κ1) is 20.8. The molecule has 33 heavy (non-hydrogen) atoms. The highest BCUT2D eigenvalue weighted by Crippen LogP contribution is 2.34. The van der Waals surface area contributed by atoms with Crippen molar-refractivity contribution in [3.05, 3.63) is 84.1 Å². The van der Waals surface area contributed by atoms with Crippen molar-refractivity contribution in [3.63, 3.8) is 0 Å². The van der Waals surface area contributed by atoms with Gasteiger partial charge in [0.15, 0.2) is 11.5 Å². The number of rotatable bonds is 7. The van der Waals surface area contributed by atoms with Gasteiger partial charge in [0.1, 0.15) is 18.1 Å². The summed E-state index contributed by atoms with van der Waals surface area (Å²) in [6, 6.07) is 22.7. The van der Waals surface area contributed by atoms with E-state index in [2.05, 4.69) is 15.3 Å². The standard InChI is InChI=1S/C26H23N3O4/c1-2-31-23-14-8-6-12-21(23)29-25-24(27-19-10-4-5-11-20(19)28-25)26(30)33-16-17-15-32-22-13-7-3-9-18(17)22/h3-14,17H,2,15-16H2,1H3,(H,28,29). The molecule has 5 rings (SSSR count). The van der Waals surface area contributed by atoms with Gasteiger partial charge in [-0.3, -0.25) is 0 Å². The molecule has 0 amide bonds. The SMILES string of the molecule is CCOc1ccccc1Nc1nc2ccccc2nc1C(=O)OCC1COc2ccccc21. The first-order valence-electron chi connectivity index (χ1n) is 10.9. The number of carbonyl (C=O) groups excluding carboxylic acids is 1. The zero-order chi connectivity index (χ0) is 22.6. The summed E-state index contributed by atoms with van der Waals surface area (Å²) in [7, 11) is 0. The van der Waals surface area contributed by atoms with Crippen molar-refractivity contribution < 1.29 is 19.0 Å². The number of carbonyl (C=O) groups is 1. The van der Waals surface area contributed by atoms with E-state index < -0.39 is 5.97 Å². The molecule has 0 spiro atoms. The van der Waals surface area contributed by atoms with Crippen molar-refractivity contribution in [2.75, 3.05) is 25.1 Å². The minimum atomic E-state index is -0.547. The lowest BCUT2D eigenvalue weighted by atomic mass is 10.0. The highest BCUT2D eigenvalue weighted by molar-refractivity contribution is 5.96. The fourth-order valence-electron chi connectivity index (χ4n) is 3.82. The van der Waals surface area contributed by atoms with Gasteiger partial charge in [-0.1, -0.05) is 42.5 Å². The average molecular weight is 441 g/mol. The summed E-state index contributed by atoms with van der Waals surface area (Å²) in [5.41, 5.74) is 3.13. The van der Waals surface area contributed by atoms with Gasteiger partial charge in [-0.2, -0.15) is 0 Å². The number of ether oxygens (including phenoxy) is 3. The van der Waals surface area contributed by atoms with Crippen molar-refractivity contribution in [2.45, 2.75) is 12.8 Å². The van der Waals surface area contributed by atoms with Crippen LogP contribution in [0.3, 0.4) is 0 Å².